The zero-order valence-electron chi connectivity index (χ0n) is 12.7. The van der Waals surface area contributed by atoms with Crippen LogP contribution >= 0.6 is 11.3 Å². The molecule has 3 rings (SSSR count). The van der Waals surface area contributed by atoms with Gasteiger partial charge >= 0.3 is 0 Å². The molecule has 0 aliphatic rings. The molecule has 0 atom stereocenters. The third-order valence-electron chi connectivity index (χ3n) is 3.25. The molecule has 8 heteroatoms. The maximum atomic E-state index is 13.9. The van der Waals surface area contributed by atoms with E-state index in [9.17, 15) is 9.18 Å². The van der Waals surface area contributed by atoms with E-state index in [4.69, 9.17) is 4.52 Å². The van der Waals surface area contributed by atoms with Gasteiger partial charge < -0.3 is 9.42 Å². The average molecular weight is 334 g/mol. The van der Waals surface area contributed by atoms with E-state index in [0.717, 1.165) is 0 Å². The lowest BCUT2D eigenvalue weighted by Gasteiger charge is -2.20. The van der Waals surface area contributed by atoms with Crippen molar-refractivity contribution in [2.45, 2.75) is 0 Å². The van der Waals surface area contributed by atoms with Gasteiger partial charge in [-0.15, -0.1) is 0 Å². The van der Waals surface area contributed by atoms with Gasteiger partial charge in [0.1, 0.15) is 11.3 Å². The van der Waals surface area contributed by atoms with Crippen molar-refractivity contribution in [3.05, 3.63) is 42.0 Å². The van der Waals surface area contributed by atoms with Crippen LogP contribution < -0.4 is 4.90 Å². The molecule has 0 saturated heterocycles. The van der Waals surface area contributed by atoms with Crippen molar-refractivity contribution in [3.8, 4) is 0 Å². The molecule has 2 aromatic heterocycles. The minimum atomic E-state index is -0.398. The molecule has 6 nitrogen and oxygen atoms in total. The van der Waals surface area contributed by atoms with Crippen LogP contribution in [0.2, 0.25) is 0 Å². The van der Waals surface area contributed by atoms with Crippen molar-refractivity contribution in [2.24, 2.45) is 0 Å². The van der Waals surface area contributed by atoms with Crippen LogP contribution in [0.5, 0.6) is 0 Å². The largest absolute Gasteiger partial charge is 0.351 e. The second kappa shape index (κ2) is 6.43. The van der Waals surface area contributed by atoms with Crippen LogP contribution in [0.4, 0.5) is 9.52 Å². The minimum absolute atomic E-state index is 0.128. The molecule has 0 aliphatic carbocycles. The Morgan fingerprint density at radius 3 is 2.78 bits per heavy atom. The van der Waals surface area contributed by atoms with E-state index < -0.39 is 5.82 Å². The smallest absolute Gasteiger partial charge is 0.298 e. The number of carbonyl (C=O) groups excluding carboxylic acids is 1. The number of hydrogen-bond donors (Lipinski definition) is 0. The van der Waals surface area contributed by atoms with Crippen LogP contribution in [0, 0.1) is 5.82 Å². The maximum absolute atomic E-state index is 13.9. The third kappa shape index (κ3) is 3.22. The molecule has 120 valence electrons. The number of nitrogens with zero attached hydrogens (tertiary/aromatic N) is 4. The number of likely N-dealkylation sites (N-methyl/N-ethyl adjacent to an activating group) is 1. The van der Waals surface area contributed by atoms with E-state index in [0.29, 0.717) is 22.9 Å². The van der Waals surface area contributed by atoms with Gasteiger partial charge in [0.05, 0.1) is 10.9 Å². The summed E-state index contributed by atoms with van der Waals surface area (Å²) in [6, 6.07) is 6.26. The molecular weight excluding hydrogens is 319 g/mol. The van der Waals surface area contributed by atoms with Gasteiger partial charge in [-0.25, -0.2) is 9.37 Å². The van der Waals surface area contributed by atoms with Crippen molar-refractivity contribution in [1.82, 2.24) is 15.0 Å². The van der Waals surface area contributed by atoms with E-state index >= 15 is 0 Å². The zero-order valence-corrected chi connectivity index (χ0v) is 13.5. The van der Waals surface area contributed by atoms with Gasteiger partial charge in [-0.1, -0.05) is 22.6 Å². The van der Waals surface area contributed by atoms with Crippen LogP contribution in [0.15, 0.2) is 35.0 Å². The van der Waals surface area contributed by atoms with Crippen LogP contribution in [0.1, 0.15) is 10.6 Å². The highest BCUT2D eigenvalue weighted by Gasteiger charge is 2.24. The molecule has 0 fully saturated rings. The molecule has 0 spiro atoms. The summed E-state index contributed by atoms with van der Waals surface area (Å²) in [5.74, 6) is -0.614. The summed E-state index contributed by atoms with van der Waals surface area (Å²) in [5, 5.41) is 4.00. The lowest BCUT2D eigenvalue weighted by atomic mass is 10.3. The molecule has 0 saturated carbocycles. The summed E-state index contributed by atoms with van der Waals surface area (Å²) in [7, 11) is 3.82. The van der Waals surface area contributed by atoms with E-state index in [2.05, 4.69) is 10.1 Å². The quantitative estimate of drug-likeness (QED) is 0.718. The Hall–Kier alpha value is -2.32. The first-order valence-electron chi connectivity index (χ1n) is 6.98. The third-order valence-corrected chi connectivity index (χ3v) is 4.30. The van der Waals surface area contributed by atoms with Gasteiger partial charge in [0, 0.05) is 19.2 Å². The SMILES string of the molecule is CN(C)CCN(C(=O)c1ccno1)c1nc2c(F)cccc2s1. The molecule has 0 radical (unpaired) electrons. The van der Waals surface area contributed by atoms with E-state index in [1.165, 1.54) is 34.6 Å². The Kier molecular flexibility index (Phi) is 4.35. The monoisotopic (exact) mass is 334 g/mol. The fourth-order valence-electron chi connectivity index (χ4n) is 2.06. The number of benzene rings is 1. The number of carbonyl (C=O) groups is 1. The van der Waals surface area contributed by atoms with E-state index in [-0.39, 0.29) is 17.2 Å². The first kappa shape index (κ1) is 15.6. The standard InChI is InChI=1S/C15H15FN4O2S/c1-19(2)8-9-20(14(21)11-6-7-17-22-11)15-18-13-10(16)4-3-5-12(13)23-15/h3-7H,8-9H2,1-2H3. The molecule has 2 heterocycles. The van der Waals surface area contributed by atoms with Crippen molar-refractivity contribution < 1.29 is 13.7 Å². The van der Waals surface area contributed by atoms with Gasteiger partial charge in [-0.05, 0) is 26.2 Å². The van der Waals surface area contributed by atoms with Gasteiger partial charge in [0.15, 0.2) is 5.13 Å². The Morgan fingerprint density at radius 2 is 2.13 bits per heavy atom. The summed E-state index contributed by atoms with van der Waals surface area (Å²) in [6.07, 6.45) is 1.41. The number of aromatic nitrogens is 2. The molecule has 0 aliphatic heterocycles. The summed E-state index contributed by atoms with van der Waals surface area (Å²) >= 11 is 1.27. The van der Waals surface area contributed by atoms with Crippen LogP contribution in [0.25, 0.3) is 10.2 Å². The molecular formula is C15H15FN4O2S. The summed E-state index contributed by atoms with van der Waals surface area (Å²) in [6.45, 7) is 1.05. The molecule has 0 N–H and O–H groups in total. The normalized spacial score (nSPS) is 11.3. The predicted molar refractivity (Wildman–Crippen MR) is 86.3 cm³/mol. The van der Waals surface area contributed by atoms with Crippen molar-refractivity contribution >= 4 is 32.6 Å². The van der Waals surface area contributed by atoms with Crippen LogP contribution in [-0.2, 0) is 0 Å². The number of amides is 1. The first-order chi connectivity index (χ1) is 11.1. The van der Waals surface area contributed by atoms with Crippen molar-refractivity contribution in [1.29, 1.82) is 0 Å². The first-order valence-corrected chi connectivity index (χ1v) is 7.80. The van der Waals surface area contributed by atoms with Gasteiger partial charge in [-0.2, -0.15) is 0 Å². The van der Waals surface area contributed by atoms with Crippen molar-refractivity contribution in [2.75, 3.05) is 32.1 Å². The second-order valence-corrected chi connectivity index (χ2v) is 6.23. The number of anilines is 1. The average Bonchev–Trinajstić information content (AvgIpc) is 3.16. The summed E-state index contributed by atoms with van der Waals surface area (Å²) < 4.78 is 19.5. The summed E-state index contributed by atoms with van der Waals surface area (Å²) in [5.41, 5.74) is 0.271. The highest BCUT2D eigenvalue weighted by atomic mass is 32.1. The molecule has 3 aromatic rings. The van der Waals surface area contributed by atoms with Crippen LogP contribution in [0.3, 0.4) is 0 Å². The number of thiazole rings is 1. The number of para-hydroxylation sites is 1. The summed E-state index contributed by atoms with van der Waals surface area (Å²) in [4.78, 5) is 20.4. The Morgan fingerprint density at radius 1 is 1.30 bits per heavy atom. The Bertz CT molecular complexity index is 816. The van der Waals surface area contributed by atoms with Crippen LogP contribution in [-0.4, -0.2) is 48.1 Å². The van der Waals surface area contributed by atoms with Gasteiger partial charge in [-0.3, -0.25) is 9.69 Å². The number of hydrogen-bond acceptors (Lipinski definition) is 6. The molecule has 1 aromatic carbocycles. The maximum Gasteiger partial charge on any atom is 0.298 e. The van der Waals surface area contributed by atoms with E-state index in [1.54, 1.807) is 12.1 Å². The van der Waals surface area contributed by atoms with Crippen molar-refractivity contribution in [3.63, 3.8) is 0 Å². The van der Waals surface area contributed by atoms with E-state index in [1.807, 2.05) is 19.0 Å². The minimum Gasteiger partial charge on any atom is -0.351 e. The Labute approximate surface area is 136 Å². The van der Waals surface area contributed by atoms with Gasteiger partial charge in [0.25, 0.3) is 5.91 Å². The topological polar surface area (TPSA) is 62.5 Å². The lowest BCUT2D eigenvalue weighted by Crippen LogP contribution is -2.36. The second-order valence-electron chi connectivity index (χ2n) is 5.22. The fraction of sp³-hybridized carbons (Fsp3) is 0.267. The Balaban J connectivity index is 1.98. The molecule has 1 amide bonds. The number of fused-ring (bicyclic) bond motifs is 1. The molecule has 23 heavy (non-hydrogen) atoms. The fourth-order valence-corrected chi connectivity index (χ4v) is 3.07. The number of halogens is 1. The highest BCUT2D eigenvalue weighted by molar-refractivity contribution is 7.22. The zero-order chi connectivity index (χ0) is 16.4. The molecule has 0 unspecified atom stereocenters. The number of rotatable bonds is 5. The highest BCUT2D eigenvalue weighted by Crippen LogP contribution is 2.30. The van der Waals surface area contributed by atoms with Gasteiger partial charge in [0.2, 0.25) is 5.76 Å². The predicted octanol–water partition coefficient (Wildman–Crippen LogP) is 2.63. The molecule has 0 bridgehead atoms. The lowest BCUT2D eigenvalue weighted by molar-refractivity contribution is 0.0949.